The van der Waals surface area contributed by atoms with E-state index in [4.69, 9.17) is 4.74 Å². The molecule has 2 rings (SSSR count). The Morgan fingerprint density at radius 2 is 1.52 bits per heavy atom. The molecule has 3 amide bonds. The number of benzene rings is 2. The molecule has 0 radical (unpaired) electrons. The van der Waals surface area contributed by atoms with Crippen molar-refractivity contribution in [2.45, 2.75) is 34.1 Å². The predicted octanol–water partition coefficient (Wildman–Crippen LogP) is 3.13. The third-order valence-corrected chi connectivity index (χ3v) is 3.91. The van der Waals surface area contributed by atoms with Gasteiger partial charge in [-0.2, -0.15) is 0 Å². The fourth-order valence-corrected chi connectivity index (χ4v) is 2.69. The largest absolute Gasteiger partial charge is 0.484 e. The van der Waals surface area contributed by atoms with Gasteiger partial charge in [0.25, 0.3) is 11.8 Å². The summed E-state index contributed by atoms with van der Waals surface area (Å²) in [4.78, 5) is 35.8. The average Bonchev–Trinajstić information content (AvgIpc) is 2.63. The van der Waals surface area contributed by atoms with Crippen molar-refractivity contribution in [3.8, 4) is 5.75 Å². The third kappa shape index (κ3) is 7.65. The van der Waals surface area contributed by atoms with Crippen molar-refractivity contribution in [2.75, 3.05) is 11.9 Å². The molecule has 2 aromatic carbocycles. The van der Waals surface area contributed by atoms with E-state index < -0.39 is 11.8 Å². The van der Waals surface area contributed by atoms with Crippen LogP contribution >= 0.6 is 0 Å². The lowest BCUT2D eigenvalue weighted by atomic mass is 10.1. The lowest BCUT2D eigenvalue weighted by molar-refractivity contribution is -0.123. The molecule has 0 aliphatic heterocycles. The fraction of sp³-hybridized carbons (Fsp3) is 0.318. The molecule has 0 saturated heterocycles. The Hall–Kier alpha value is -3.35. The second-order valence-electron chi connectivity index (χ2n) is 7.34. The third-order valence-electron chi connectivity index (χ3n) is 3.91. The van der Waals surface area contributed by atoms with Gasteiger partial charge >= 0.3 is 0 Å². The number of hydrogen-bond donors (Lipinski definition) is 3. The summed E-state index contributed by atoms with van der Waals surface area (Å²) in [5.41, 5.74) is 7.69. The van der Waals surface area contributed by atoms with Gasteiger partial charge in [-0.15, -0.1) is 0 Å². The molecular weight excluding hydrogens is 370 g/mol. The number of hydrazine groups is 1. The molecule has 29 heavy (non-hydrogen) atoms. The summed E-state index contributed by atoms with van der Waals surface area (Å²) >= 11 is 0. The zero-order valence-electron chi connectivity index (χ0n) is 17.2. The number of aryl methyl sites for hydroxylation is 2. The maximum absolute atomic E-state index is 12.1. The molecule has 0 unspecified atom stereocenters. The van der Waals surface area contributed by atoms with Crippen molar-refractivity contribution >= 4 is 23.4 Å². The van der Waals surface area contributed by atoms with Crippen molar-refractivity contribution in [2.24, 2.45) is 5.92 Å². The molecule has 0 bridgehead atoms. The molecule has 0 aliphatic carbocycles. The first-order chi connectivity index (χ1) is 13.7. The van der Waals surface area contributed by atoms with E-state index in [1.165, 1.54) is 0 Å². The minimum absolute atomic E-state index is 0.0757. The Morgan fingerprint density at radius 1 is 0.897 bits per heavy atom. The molecule has 7 heteroatoms. The van der Waals surface area contributed by atoms with E-state index in [0.717, 1.165) is 11.1 Å². The van der Waals surface area contributed by atoms with Crippen molar-refractivity contribution in [1.82, 2.24) is 10.9 Å². The number of nitrogens with one attached hydrogen (secondary N) is 3. The summed E-state index contributed by atoms with van der Waals surface area (Å²) in [5, 5.41) is 2.77. The highest BCUT2D eigenvalue weighted by molar-refractivity contribution is 5.96. The monoisotopic (exact) mass is 397 g/mol. The van der Waals surface area contributed by atoms with Gasteiger partial charge in [0.05, 0.1) is 0 Å². The second-order valence-corrected chi connectivity index (χ2v) is 7.34. The molecule has 3 N–H and O–H groups in total. The summed E-state index contributed by atoms with van der Waals surface area (Å²) in [5.74, 6) is -0.158. The quantitative estimate of drug-likeness (QED) is 0.626. The van der Waals surface area contributed by atoms with Crippen LogP contribution in [0.5, 0.6) is 5.75 Å². The van der Waals surface area contributed by atoms with Crippen molar-refractivity contribution in [3.05, 3.63) is 59.2 Å². The van der Waals surface area contributed by atoms with Gasteiger partial charge in [0.15, 0.2) is 6.61 Å². The highest BCUT2D eigenvalue weighted by Gasteiger charge is 2.10. The topological polar surface area (TPSA) is 96.5 Å². The normalized spacial score (nSPS) is 10.4. The fourth-order valence-electron chi connectivity index (χ4n) is 2.69. The molecule has 0 atom stereocenters. The van der Waals surface area contributed by atoms with Crippen LogP contribution in [-0.4, -0.2) is 24.3 Å². The van der Waals surface area contributed by atoms with E-state index in [2.05, 4.69) is 16.2 Å². The molecule has 154 valence electrons. The maximum atomic E-state index is 12.1. The molecule has 0 aromatic heterocycles. The minimum Gasteiger partial charge on any atom is -0.484 e. The first kappa shape index (κ1) is 21.9. The smallest absolute Gasteiger partial charge is 0.276 e. The summed E-state index contributed by atoms with van der Waals surface area (Å²) in [6, 6.07) is 12.1. The molecule has 0 fully saturated rings. The Morgan fingerprint density at radius 3 is 2.10 bits per heavy atom. The Kier molecular flexibility index (Phi) is 7.77. The van der Waals surface area contributed by atoms with Gasteiger partial charge in [-0.25, -0.2) is 0 Å². The highest BCUT2D eigenvalue weighted by Crippen LogP contribution is 2.16. The van der Waals surface area contributed by atoms with Crippen LogP contribution in [0, 0.1) is 19.8 Å². The van der Waals surface area contributed by atoms with E-state index in [-0.39, 0.29) is 18.4 Å². The van der Waals surface area contributed by atoms with Crippen molar-refractivity contribution < 1.29 is 19.1 Å². The SMILES string of the molecule is Cc1cc(C)cc(OCC(=O)NNC(=O)c2ccc(NC(=O)CC(C)C)cc2)c1. The Labute approximate surface area is 170 Å². The first-order valence-corrected chi connectivity index (χ1v) is 9.43. The van der Waals surface area contributed by atoms with Crippen LogP contribution in [0.2, 0.25) is 0 Å². The van der Waals surface area contributed by atoms with Gasteiger partial charge in [0.2, 0.25) is 5.91 Å². The molecule has 0 saturated carbocycles. The van der Waals surface area contributed by atoms with Gasteiger partial charge in [0, 0.05) is 17.7 Å². The number of ether oxygens (including phenoxy) is 1. The van der Waals surface area contributed by atoms with Crippen LogP contribution in [0.4, 0.5) is 5.69 Å². The number of carbonyl (C=O) groups excluding carboxylic acids is 3. The van der Waals surface area contributed by atoms with E-state index in [1.807, 2.05) is 45.9 Å². The molecule has 7 nitrogen and oxygen atoms in total. The van der Waals surface area contributed by atoms with Crippen molar-refractivity contribution in [3.63, 3.8) is 0 Å². The van der Waals surface area contributed by atoms with Gasteiger partial charge in [-0.05, 0) is 67.3 Å². The van der Waals surface area contributed by atoms with E-state index in [1.54, 1.807) is 24.3 Å². The standard InChI is InChI=1S/C22H27N3O4/c1-14(2)9-20(26)23-18-7-5-17(6-8-18)22(28)25-24-21(27)13-29-19-11-15(3)10-16(4)12-19/h5-8,10-12,14H,9,13H2,1-4H3,(H,23,26)(H,24,27)(H,25,28). The molecular formula is C22H27N3O4. The highest BCUT2D eigenvalue weighted by atomic mass is 16.5. The summed E-state index contributed by atoms with van der Waals surface area (Å²) in [7, 11) is 0. The predicted molar refractivity (Wildman–Crippen MR) is 112 cm³/mol. The van der Waals surface area contributed by atoms with E-state index in [0.29, 0.717) is 23.4 Å². The van der Waals surface area contributed by atoms with Crippen LogP contribution < -0.4 is 20.9 Å². The zero-order chi connectivity index (χ0) is 21.4. The lowest BCUT2D eigenvalue weighted by Crippen LogP contribution is -2.43. The molecule has 2 aromatic rings. The van der Waals surface area contributed by atoms with Crippen LogP contribution in [0.3, 0.4) is 0 Å². The molecule has 0 spiro atoms. The molecule has 0 heterocycles. The summed E-state index contributed by atoms with van der Waals surface area (Å²) in [6.07, 6.45) is 0.429. The number of carbonyl (C=O) groups is 3. The van der Waals surface area contributed by atoms with Gasteiger partial charge < -0.3 is 10.1 Å². The summed E-state index contributed by atoms with van der Waals surface area (Å²) < 4.78 is 5.44. The zero-order valence-corrected chi connectivity index (χ0v) is 17.2. The van der Waals surface area contributed by atoms with Crippen LogP contribution in [0.15, 0.2) is 42.5 Å². The van der Waals surface area contributed by atoms with E-state index in [9.17, 15) is 14.4 Å². The lowest BCUT2D eigenvalue weighted by Gasteiger charge is -2.10. The van der Waals surface area contributed by atoms with Gasteiger partial charge in [-0.1, -0.05) is 19.9 Å². The van der Waals surface area contributed by atoms with E-state index >= 15 is 0 Å². The maximum Gasteiger partial charge on any atom is 0.276 e. The molecule has 0 aliphatic rings. The summed E-state index contributed by atoms with van der Waals surface area (Å²) in [6.45, 7) is 7.61. The van der Waals surface area contributed by atoms with Gasteiger partial charge in [0.1, 0.15) is 5.75 Å². The van der Waals surface area contributed by atoms with Crippen LogP contribution in [-0.2, 0) is 9.59 Å². The second kappa shape index (κ2) is 10.3. The van der Waals surface area contributed by atoms with Crippen molar-refractivity contribution in [1.29, 1.82) is 0 Å². The Balaban J connectivity index is 1.79. The first-order valence-electron chi connectivity index (χ1n) is 9.43. The van der Waals surface area contributed by atoms with Crippen LogP contribution in [0.1, 0.15) is 41.8 Å². The number of amides is 3. The minimum atomic E-state index is -0.477. The number of anilines is 1. The number of hydrogen-bond acceptors (Lipinski definition) is 4. The number of rotatable bonds is 7. The van der Waals surface area contributed by atoms with Gasteiger partial charge in [-0.3, -0.25) is 25.2 Å². The Bertz CT molecular complexity index is 856. The average molecular weight is 397 g/mol. The van der Waals surface area contributed by atoms with Crippen LogP contribution in [0.25, 0.3) is 0 Å².